The van der Waals surface area contributed by atoms with Crippen molar-refractivity contribution < 1.29 is 0 Å². The van der Waals surface area contributed by atoms with Gasteiger partial charge in [-0.25, -0.2) is 0 Å². The Labute approximate surface area is 123 Å². The van der Waals surface area contributed by atoms with E-state index < -0.39 is 0 Å². The van der Waals surface area contributed by atoms with E-state index in [1.807, 2.05) is 12.1 Å². The van der Waals surface area contributed by atoms with Crippen LogP contribution in [0.4, 0.5) is 5.82 Å². The van der Waals surface area contributed by atoms with Crippen molar-refractivity contribution in [2.24, 2.45) is 5.92 Å². The van der Waals surface area contributed by atoms with Gasteiger partial charge in [-0.05, 0) is 25.2 Å². The van der Waals surface area contributed by atoms with Crippen molar-refractivity contribution in [2.45, 2.75) is 38.1 Å². The van der Waals surface area contributed by atoms with Crippen LogP contribution >= 0.6 is 11.6 Å². The number of aromatic nitrogens is 2. The van der Waals surface area contributed by atoms with Crippen molar-refractivity contribution >= 4 is 28.2 Å². The molecule has 1 aliphatic heterocycles. The fourth-order valence-electron chi connectivity index (χ4n) is 3.94. The molecule has 0 radical (unpaired) electrons. The Morgan fingerprint density at radius 3 is 2.70 bits per heavy atom. The van der Waals surface area contributed by atoms with Gasteiger partial charge in [0.05, 0.1) is 0 Å². The molecule has 0 spiro atoms. The molecule has 2 unspecified atom stereocenters. The summed E-state index contributed by atoms with van der Waals surface area (Å²) in [6.45, 7) is 1.11. The molecule has 2 heterocycles. The standard InChI is InChI=1S/C16H18ClN3/c17-15-12-6-2-3-7-13(12)16(19-18-15)20-10-9-11-5-1-4-8-14(11)20/h2-3,6-7,11,14H,1,4-5,8-10H2. The zero-order valence-corrected chi connectivity index (χ0v) is 12.2. The van der Waals surface area contributed by atoms with Crippen molar-refractivity contribution in [3.05, 3.63) is 29.4 Å². The lowest BCUT2D eigenvalue weighted by Gasteiger charge is -2.32. The van der Waals surface area contributed by atoms with E-state index in [0.717, 1.165) is 29.1 Å². The minimum absolute atomic E-state index is 0.503. The summed E-state index contributed by atoms with van der Waals surface area (Å²) in [6.07, 6.45) is 6.70. The number of nitrogens with zero attached hydrogens (tertiary/aromatic N) is 3. The molecule has 1 aromatic carbocycles. The molecule has 0 amide bonds. The summed E-state index contributed by atoms with van der Waals surface area (Å²) in [7, 11) is 0. The van der Waals surface area contributed by atoms with Crippen LogP contribution in [-0.2, 0) is 0 Å². The topological polar surface area (TPSA) is 29.0 Å². The smallest absolute Gasteiger partial charge is 0.159 e. The normalized spacial score (nSPS) is 25.9. The number of fused-ring (bicyclic) bond motifs is 2. The van der Waals surface area contributed by atoms with Crippen molar-refractivity contribution in [1.82, 2.24) is 10.2 Å². The average Bonchev–Trinajstić information content (AvgIpc) is 2.92. The fourth-order valence-corrected chi connectivity index (χ4v) is 4.14. The van der Waals surface area contributed by atoms with Crippen LogP contribution in [0.2, 0.25) is 5.15 Å². The molecule has 1 aromatic heterocycles. The number of anilines is 1. The largest absolute Gasteiger partial charge is 0.351 e. The lowest BCUT2D eigenvalue weighted by molar-refractivity contribution is 0.341. The molecular weight excluding hydrogens is 270 g/mol. The van der Waals surface area contributed by atoms with E-state index >= 15 is 0 Å². The van der Waals surface area contributed by atoms with Crippen molar-refractivity contribution in [2.75, 3.05) is 11.4 Å². The van der Waals surface area contributed by atoms with Crippen LogP contribution in [0.25, 0.3) is 10.8 Å². The maximum absolute atomic E-state index is 6.18. The van der Waals surface area contributed by atoms with E-state index in [2.05, 4.69) is 27.2 Å². The van der Waals surface area contributed by atoms with E-state index in [1.54, 1.807) is 0 Å². The third kappa shape index (κ3) is 1.87. The Kier molecular flexibility index (Phi) is 3.03. The van der Waals surface area contributed by atoms with Crippen molar-refractivity contribution in [3.63, 3.8) is 0 Å². The Morgan fingerprint density at radius 1 is 1.00 bits per heavy atom. The van der Waals surface area contributed by atoms with Gasteiger partial charge in [-0.1, -0.05) is 48.7 Å². The predicted octanol–water partition coefficient (Wildman–Crippen LogP) is 4.05. The lowest BCUT2D eigenvalue weighted by Crippen LogP contribution is -2.35. The molecule has 3 nitrogen and oxygen atoms in total. The fraction of sp³-hybridized carbons (Fsp3) is 0.500. The summed E-state index contributed by atoms with van der Waals surface area (Å²) in [5.41, 5.74) is 0. The van der Waals surface area contributed by atoms with E-state index in [9.17, 15) is 0 Å². The zero-order valence-electron chi connectivity index (χ0n) is 11.4. The molecule has 0 bridgehead atoms. The summed E-state index contributed by atoms with van der Waals surface area (Å²) in [6, 6.07) is 8.86. The Balaban J connectivity index is 1.81. The highest BCUT2D eigenvalue weighted by atomic mass is 35.5. The third-order valence-electron chi connectivity index (χ3n) is 4.90. The molecule has 2 fully saturated rings. The lowest BCUT2D eigenvalue weighted by atomic mass is 9.85. The molecule has 2 atom stereocenters. The highest BCUT2D eigenvalue weighted by molar-refractivity contribution is 6.34. The molecule has 1 saturated heterocycles. The van der Waals surface area contributed by atoms with Gasteiger partial charge in [0, 0.05) is 23.4 Å². The average molecular weight is 288 g/mol. The summed E-state index contributed by atoms with van der Waals surface area (Å²) in [4.78, 5) is 2.48. The quantitative estimate of drug-likeness (QED) is 0.792. The van der Waals surface area contributed by atoms with Gasteiger partial charge >= 0.3 is 0 Å². The molecule has 4 rings (SSSR count). The number of hydrogen-bond donors (Lipinski definition) is 0. The minimum Gasteiger partial charge on any atom is -0.351 e. The van der Waals surface area contributed by atoms with E-state index in [-0.39, 0.29) is 0 Å². The van der Waals surface area contributed by atoms with Crippen LogP contribution in [0.15, 0.2) is 24.3 Å². The monoisotopic (exact) mass is 287 g/mol. The molecule has 104 valence electrons. The van der Waals surface area contributed by atoms with Gasteiger partial charge in [0.2, 0.25) is 0 Å². The van der Waals surface area contributed by atoms with E-state index in [1.165, 1.54) is 32.1 Å². The van der Waals surface area contributed by atoms with Gasteiger partial charge < -0.3 is 4.90 Å². The summed E-state index contributed by atoms with van der Waals surface area (Å²) < 4.78 is 0. The maximum atomic E-state index is 6.18. The van der Waals surface area contributed by atoms with Crippen LogP contribution in [0.5, 0.6) is 0 Å². The third-order valence-corrected chi connectivity index (χ3v) is 5.18. The summed E-state index contributed by atoms with van der Waals surface area (Å²) >= 11 is 6.18. The first-order chi connectivity index (χ1) is 9.84. The number of benzene rings is 1. The molecule has 20 heavy (non-hydrogen) atoms. The Bertz CT molecular complexity index is 643. The Hall–Kier alpha value is -1.35. The summed E-state index contributed by atoms with van der Waals surface area (Å²) in [5, 5.41) is 11.2. The van der Waals surface area contributed by atoms with Crippen LogP contribution in [-0.4, -0.2) is 22.8 Å². The van der Waals surface area contributed by atoms with Crippen LogP contribution < -0.4 is 4.90 Å². The number of hydrogen-bond acceptors (Lipinski definition) is 3. The van der Waals surface area contributed by atoms with Crippen LogP contribution in [0.3, 0.4) is 0 Å². The van der Waals surface area contributed by atoms with Crippen molar-refractivity contribution in [3.8, 4) is 0 Å². The van der Waals surface area contributed by atoms with Crippen molar-refractivity contribution in [1.29, 1.82) is 0 Å². The van der Waals surface area contributed by atoms with Gasteiger partial charge in [0.25, 0.3) is 0 Å². The van der Waals surface area contributed by atoms with Crippen LogP contribution in [0.1, 0.15) is 32.1 Å². The van der Waals surface area contributed by atoms with Crippen LogP contribution in [0, 0.1) is 5.92 Å². The molecule has 2 aromatic rings. The van der Waals surface area contributed by atoms with Gasteiger partial charge in [-0.3, -0.25) is 0 Å². The first-order valence-corrected chi connectivity index (χ1v) is 7.90. The zero-order chi connectivity index (χ0) is 13.5. The first kappa shape index (κ1) is 12.4. The van der Waals surface area contributed by atoms with Gasteiger partial charge in [-0.15, -0.1) is 10.2 Å². The highest BCUT2D eigenvalue weighted by Crippen LogP contribution is 2.40. The Morgan fingerprint density at radius 2 is 1.80 bits per heavy atom. The first-order valence-electron chi connectivity index (χ1n) is 7.52. The van der Waals surface area contributed by atoms with Gasteiger partial charge in [-0.2, -0.15) is 0 Å². The molecule has 0 N–H and O–H groups in total. The summed E-state index contributed by atoms with van der Waals surface area (Å²) in [5.74, 6) is 1.87. The second-order valence-electron chi connectivity index (χ2n) is 5.95. The minimum atomic E-state index is 0.503. The molecule has 4 heteroatoms. The van der Waals surface area contributed by atoms with Gasteiger partial charge in [0.1, 0.15) is 0 Å². The highest BCUT2D eigenvalue weighted by Gasteiger charge is 2.37. The molecular formula is C16H18ClN3. The molecule has 2 aliphatic rings. The van der Waals surface area contributed by atoms with E-state index in [0.29, 0.717) is 11.2 Å². The second kappa shape index (κ2) is 4.88. The van der Waals surface area contributed by atoms with E-state index in [4.69, 9.17) is 11.6 Å². The predicted molar refractivity (Wildman–Crippen MR) is 82.3 cm³/mol. The molecule has 1 saturated carbocycles. The number of rotatable bonds is 1. The number of halogens is 1. The second-order valence-corrected chi connectivity index (χ2v) is 6.31. The SMILES string of the molecule is Clc1nnc(N2CCC3CCCCC32)c2ccccc12. The van der Waals surface area contributed by atoms with Gasteiger partial charge in [0.15, 0.2) is 11.0 Å². The maximum Gasteiger partial charge on any atom is 0.159 e. The molecule has 1 aliphatic carbocycles.